The van der Waals surface area contributed by atoms with Gasteiger partial charge in [-0.15, -0.1) is 11.3 Å². The molecule has 0 bridgehead atoms. The van der Waals surface area contributed by atoms with Gasteiger partial charge in [-0.1, -0.05) is 32.0 Å². The Balaban J connectivity index is 1.93. The lowest BCUT2D eigenvalue weighted by Crippen LogP contribution is -2.34. The molecule has 1 atom stereocenters. The molecule has 112 valence electrons. The lowest BCUT2D eigenvalue weighted by molar-refractivity contribution is -0.124. The monoisotopic (exact) mass is 307 g/mol. The maximum atomic E-state index is 13.4. The zero-order chi connectivity index (χ0) is 15.2. The molecule has 0 saturated carbocycles. The van der Waals surface area contributed by atoms with Gasteiger partial charge in [-0.3, -0.25) is 4.79 Å². The largest absolute Gasteiger partial charge is 0.481 e. The molecule has 2 rings (SSSR count). The predicted molar refractivity (Wildman–Crippen MR) is 81.9 cm³/mol. The second-order valence-corrected chi connectivity index (χ2v) is 6.00. The van der Waals surface area contributed by atoms with Crippen molar-refractivity contribution in [2.75, 3.05) is 6.61 Å². The molecule has 1 N–H and O–H groups in total. The number of thiophene rings is 1. The van der Waals surface area contributed by atoms with Crippen LogP contribution in [0.3, 0.4) is 0 Å². The van der Waals surface area contributed by atoms with Gasteiger partial charge in [0, 0.05) is 4.88 Å². The fraction of sp³-hybridized carbons (Fsp3) is 0.312. The summed E-state index contributed by atoms with van der Waals surface area (Å²) in [4.78, 5) is 13.1. The van der Waals surface area contributed by atoms with Gasteiger partial charge in [-0.05, 0) is 29.5 Å². The summed E-state index contributed by atoms with van der Waals surface area (Å²) >= 11 is 1.60. The third-order valence-corrected chi connectivity index (χ3v) is 3.98. The van der Waals surface area contributed by atoms with Crippen LogP contribution in [0.15, 0.2) is 41.8 Å². The molecule has 0 aliphatic heterocycles. The number of benzene rings is 1. The molecule has 2 aromatic rings. The van der Waals surface area contributed by atoms with Crippen LogP contribution < -0.4 is 10.1 Å². The molecule has 1 amide bonds. The van der Waals surface area contributed by atoms with E-state index in [-0.39, 0.29) is 30.2 Å². The van der Waals surface area contributed by atoms with Crippen molar-refractivity contribution < 1.29 is 13.9 Å². The highest BCUT2D eigenvalue weighted by Gasteiger charge is 2.19. The zero-order valence-corrected chi connectivity index (χ0v) is 12.8. The number of hydrogen-bond donors (Lipinski definition) is 1. The Labute approximate surface area is 127 Å². The van der Waals surface area contributed by atoms with Gasteiger partial charge >= 0.3 is 0 Å². The first kappa shape index (κ1) is 15.5. The molecular formula is C16H18FNO2S. The van der Waals surface area contributed by atoms with Gasteiger partial charge in [-0.25, -0.2) is 4.39 Å². The van der Waals surface area contributed by atoms with E-state index in [0.29, 0.717) is 0 Å². The number of carbonyl (C=O) groups is 1. The lowest BCUT2D eigenvalue weighted by atomic mass is 10.0. The van der Waals surface area contributed by atoms with Crippen molar-refractivity contribution >= 4 is 17.2 Å². The van der Waals surface area contributed by atoms with E-state index in [4.69, 9.17) is 4.74 Å². The molecule has 0 aliphatic rings. The normalized spacial score (nSPS) is 12.2. The molecule has 1 aromatic carbocycles. The number of ether oxygens (including phenoxy) is 1. The molecule has 0 unspecified atom stereocenters. The number of nitrogens with one attached hydrogen (secondary N) is 1. The maximum absolute atomic E-state index is 13.4. The molecule has 1 heterocycles. The van der Waals surface area contributed by atoms with E-state index in [1.54, 1.807) is 23.5 Å². The van der Waals surface area contributed by atoms with Gasteiger partial charge < -0.3 is 10.1 Å². The molecular weight excluding hydrogens is 289 g/mol. The third-order valence-electron chi connectivity index (χ3n) is 3.03. The maximum Gasteiger partial charge on any atom is 0.258 e. The molecule has 0 aliphatic carbocycles. The lowest BCUT2D eigenvalue weighted by Gasteiger charge is -2.21. The molecule has 0 saturated heterocycles. The highest BCUT2D eigenvalue weighted by molar-refractivity contribution is 7.10. The second kappa shape index (κ2) is 7.22. The SMILES string of the molecule is CC(C)[C@@H](NC(=O)COc1ccccc1F)c1cccs1. The minimum atomic E-state index is -0.469. The number of halogens is 1. The van der Waals surface area contributed by atoms with E-state index >= 15 is 0 Å². The number of para-hydroxylation sites is 1. The minimum Gasteiger partial charge on any atom is -0.481 e. The Bertz CT molecular complexity index is 584. The van der Waals surface area contributed by atoms with Gasteiger partial charge in [0.15, 0.2) is 18.2 Å². The van der Waals surface area contributed by atoms with E-state index in [1.807, 2.05) is 31.4 Å². The standard InChI is InChI=1S/C16H18FNO2S/c1-11(2)16(14-8-5-9-21-14)18-15(19)10-20-13-7-4-3-6-12(13)17/h3-9,11,16H,10H2,1-2H3,(H,18,19)/t16-/m1/s1. The van der Waals surface area contributed by atoms with Crippen molar-refractivity contribution in [3.8, 4) is 5.75 Å². The highest BCUT2D eigenvalue weighted by Crippen LogP contribution is 2.25. The zero-order valence-electron chi connectivity index (χ0n) is 12.0. The van der Waals surface area contributed by atoms with Gasteiger partial charge in [-0.2, -0.15) is 0 Å². The number of carbonyl (C=O) groups excluding carboxylic acids is 1. The van der Waals surface area contributed by atoms with Gasteiger partial charge in [0.25, 0.3) is 5.91 Å². The number of hydrogen-bond acceptors (Lipinski definition) is 3. The average molecular weight is 307 g/mol. The first-order valence-electron chi connectivity index (χ1n) is 6.78. The van der Waals surface area contributed by atoms with Crippen LogP contribution >= 0.6 is 11.3 Å². The fourth-order valence-electron chi connectivity index (χ4n) is 1.95. The van der Waals surface area contributed by atoms with Crippen molar-refractivity contribution in [2.24, 2.45) is 5.92 Å². The van der Waals surface area contributed by atoms with Crippen LogP contribution in [-0.2, 0) is 4.79 Å². The smallest absolute Gasteiger partial charge is 0.258 e. The minimum absolute atomic E-state index is 0.0540. The van der Waals surface area contributed by atoms with Gasteiger partial charge in [0.05, 0.1) is 6.04 Å². The summed E-state index contributed by atoms with van der Waals surface area (Å²) in [6.07, 6.45) is 0. The number of rotatable bonds is 6. The van der Waals surface area contributed by atoms with Crippen LogP contribution in [0.2, 0.25) is 0 Å². The van der Waals surface area contributed by atoms with Crippen molar-refractivity contribution in [1.29, 1.82) is 0 Å². The Morgan fingerprint density at radius 1 is 1.29 bits per heavy atom. The van der Waals surface area contributed by atoms with Crippen LogP contribution in [0, 0.1) is 11.7 Å². The fourth-order valence-corrected chi connectivity index (χ4v) is 2.90. The van der Waals surface area contributed by atoms with Crippen LogP contribution in [0.4, 0.5) is 4.39 Å². The molecule has 0 spiro atoms. The van der Waals surface area contributed by atoms with Crippen LogP contribution in [0.1, 0.15) is 24.8 Å². The second-order valence-electron chi connectivity index (χ2n) is 5.02. The summed E-state index contributed by atoms with van der Waals surface area (Å²) in [7, 11) is 0. The topological polar surface area (TPSA) is 38.3 Å². The Kier molecular flexibility index (Phi) is 5.33. The van der Waals surface area contributed by atoms with Gasteiger partial charge in [0.2, 0.25) is 0 Å². The first-order chi connectivity index (χ1) is 10.1. The van der Waals surface area contributed by atoms with Crippen LogP contribution in [0.25, 0.3) is 0 Å². The van der Waals surface area contributed by atoms with Crippen molar-refractivity contribution in [3.05, 3.63) is 52.5 Å². The summed E-state index contributed by atoms with van der Waals surface area (Å²) in [6, 6.07) is 9.94. The van der Waals surface area contributed by atoms with Crippen LogP contribution in [0.5, 0.6) is 5.75 Å². The predicted octanol–water partition coefficient (Wildman–Crippen LogP) is 3.78. The van der Waals surface area contributed by atoms with Crippen molar-refractivity contribution in [1.82, 2.24) is 5.32 Å². The van der Waals surface area contributed by atoms with E-state index in [0.717, 1.165) is 4.88 Å². The molecule has 5 heteroatoms. The molecule has 0 fully saturated rings. The first-order valence-corrected chi connectivity index (χ1v) is 7.66. The molecule has 3 nitrogen and oxygen atoms in total. The summed E-state index contributed by atoms with van der Waals surface area (Å²) in [6.45, 7) is 3.89. The summed E-state index contributed by atoms with van der Waals surface area (Å²) in [5, 5.41) is 4.91. The van der Waals surface area contributed by atoms with Crippen molar-refractivity contribution in [3.63, 3.8) is 0 Å². The Hall–Kier alpha value is -1.88. The molecule has 0 radical (unpaired) electrons. The van der Waals surface area contributed by atoms with Crippen LogP contribution in [-0.4, -0.2) is 12.5 Å². The average Bonchev–Trinajstić information content (AvgIpc) is 2.97. The summed E-state index contributed by atoms with van der Waals surface area (Å²) in [5.41, 5.74) is 0. The Morgan fingerprint density at radius 2 is 2.05 bits per heavy atom. The molecule has 21 heavy (non-hydrogen) atoms. The van der Waals surface area contributed by atoms with E-state index in [1.165, 1.54) is 12.1 Å². The van der Waals surface area contributed by atoms with E-state index < -0.39 is 5.82 Å². The molecule has 1 aromatic heterocycles. The quantitative estimate of drug-likeness (QED) is 0.882. The van der Waals surface area contributed by atoms with Gasteiger partial charge in [0.1, 0.15) is 0 Å². The highest BCUT2D eigenvalue weighted by atomic mass is 32.1. The Morgan fingerprint density at radius 3 is 2.67 bits per heavy atom. The third kappa shape index (κ3) is 4.29. The summed E-state index contributed by atoms with van der Waals surface area (Å²) < 4.78 is 18.6. The van der Waals surface area contributed by atoms with Crippen molar-refractivity contribution in [2.45, 2.75) is 19.9 Å². The van der Waals surface area contributed by atoms with E-state index in [2.05, 4.69) is 5.32 Å². The number of amides is 1. The van der Waals surface area contributed by atoms with E-state index in [9.17, 15) is 9.18 Å². The summed E-state index contributed by atoms with van der Waals surface area (Å²) in [5.74, 6) is -0.375.